The molecule has 1 aliphatic rings. The molecule has 1 amide bonds. The molecule has 0 N–H and O–H groups in total. The summed E-state index contributed by atoms with van der Waals surface area (Å²) in [5, 5.41) is 8.88. The van der Waals surface area contributed by atoms with Crippen LogP contribution in [0.4, 0.5) is 5.82 Å². The molecular formula is C14H18N4O. The van der Waals surface area contributed by atoms with Gasteiger partial charge in [0, 0.05) is 45.2 Å². The van der Waals surface area contributed by atoms with Crippen LogP contribution in [0.25, 0.3) is 0 Å². The van der Waals surface area contributed by atoms with Crippen LogP contribution in [-0.4, -0.2) is 42.5 Å². The van der Waals surface area contributed by atoms with E-state index in [1.165, 1.54) is 0 Å². The van der Waals surface area contributed by atoms with E-state index >= 15 is 0 Å². The number of carbonyl (C=O) groups is 1. The Morgan fingerprint density at radius 3 is 3.05 bits per heavy atom. The Morgan fingerprint density at radius 1 is 1.63 bits per heavy atom. The molecule has 1 aromatic rings. The number of amides is 1. The average Bonchev–Trinajstić information content (AvgIpc) is 2.78. The standard InChI is InChI=1S/C14H18N4O/c1-3-18-10-12(7-14(18)19)9-17(2)13-6-11(8-15)4-5-16-13/h4-6,12H,3,7,9-10H2,1-2H3. The smallest absolute Gasteiger partial charge is 0.222 e. The highest BCUT2D eigenvalue weighted by Gasteiger charge is 2.29. The molecule has 0 spiro atoms. The number of rotatable bonds is 4. The minimum atomic E-state index is 0.236. The van der Waals surface area contributed by atoms with Crippen molar-refractivity contribution in [1.82, 2.24) is 9.88 Å². The minimum Gasteiger partial charge on any atom is -0.359 e. The van der Waals surface area contributed by atoms with Crippen molar-refractivity contribution in [2.45, 2.75) is 13.3 Å². The maximum atomic E-state index is 11.7. The van der Waals surface area contributed by atoms with Crippen molar-refractivity contribution in [3.05, 3.63) is 23.9 Å². The maximum absolute atomic E-state index is 11.7. The van der Waals surface area contributed by atoms with E-state index in [-0.39, 0.29) is 5.91 Å². The molecule has 1 fully saturated rings. The molecule has 2 heterocycles. The molecule has 1 atom stereocenters. The third kappa shape index (κ3) is 3.02. The third-order valence-electron chi connectivity index (χ3n) is 3.47. The van der Waals surface area contributed by atoms with Crippen LogP contribution in [0.1, 0.15) is 18.9 Å². The Hall–Kier alpha value is -2.09. The molecule has 1 unspecified atom stereocenters. The highest BCUT2D eigenvalue weighted by molar-refractivity contribution is 5.78. The first-order valence-electron chi connectivity index (χ1n) is 6.49. The van der Waals surface area contributed by atoms with E-state index in [4.69, 9.17) is 5.26 Å². The van der Waals surface area contributed by atoms with Crippen molar-refractivity contribution in [3.8, 4) is 6.07 Å². The summed E-state index contributed by atoms with van der Waals surface area (Å²) in [6, 6.07) is 5.57. The molecule has 0 radical (unpaired) electrons. The molecule has 19 heavy (non-hydrogen) atoms. The average molecular weight is 258 g/mol. The van der Waals surface area contributed by atoms with Crippen molar-refractivity contribution in [2.24, 2.45) is 5.92 Å². The van der Waals surface area contributed by atoms with Gasteiger partial charge in [0.25, 0.3) is 0 Å². The zero-order chi connectivity index (χ0) is 13.8. The third-order valence-corrected chi connectivity index (χ3v) is 3.47. The Bertz CT molecular complexity index is 508. The van der Waals surface area contributed by atoms with Gasteiger partial charge in [0.15, 0.2) is 0 Å². The van der Waals surface area contributed by atoms with Gasteiger partial charge in [0.05, 0.1) is 11.6 Å². The summed E-state index contributed by atoms with van der Waals surface area (Å²) >= 11 is 0. The van der Waals surface area contributed by atoms with E-state index in [1.54, 1.807) is 18.3 Å². The van der Waals surface area contributed by atoms with Gasteiger partial charge in [-0.3, -0.25) is 4.79 Å². The normalized spacial score (nSPS) is 18.5. The number of hydrogen-bond acceptors (Lipinski definition) is 4. The molecule has 0 aromatic carbocycles. The van der Waals surface area contributed by atoms with Gasteiger partial charge in [0.1, 0.15) is 5.82 Å². The molecule has 100 valence electrons. The summed E-state index contributed by atoms with van der Waals surface area (Å²) in [4.78, 5) is 19.8. The summed E-state index contributed by atoms with van der Waals surface area (Å²) in [6.07, 6.45) is 2.25. The Labute approximate surface area is 113 Å². The zero-order valence-electron chi connectivity index (χ0n) is 11.3. The summed E-state index contributed by atoms with van der Waals surface area (Å²) in [5.41, 5.74) is 0.606. The van der Waals surface area contributed by atoms with E-state index in [9.17, 15) is 4.79 Å². The van der Waals surface area contributed by atoms with Gasteiger partial charge < -0.3 is 9.80 Å². The predicted octanol–water partition coefficient (Wildman–Crippen LogP) is 1.26. The first kappa shape index (κ1) is 13.3. The van der Waals surface area contributed by atoms with Gasteiger partial charge >= 0.3 is 0 Å². The number of anilines is 1. The molecule has 2 rings (SSSR count). The molecule has 1 saturated heterocycles. The van der Waals surface area contributed by atoms with Crippen molar-refractivity contribution < 1.29 is 4.79 Å². The molecule has 1 aliphatic heterocycles. The number of nitriles is 1. The molecule has 1 aromatic heterocycles. The maximum Gasteiger partial charge on any atom is 0.222 e. The lowest BCUT2D eigenvalue weighted by Gasteiger charge is -2.22. The van der Waals surface area contributed by atoms with E-state index in [1.807, 2.05) is 23.8 Å². The Balaban J connectivity index is 2.00. The summed E-state index contributed by atoms with van der Waals surface area (Å²) in [5.74, 6) is 1.35. The SMILES string of the molecule is CCN1CC(CN(C)c2cc(C#N)ccn2)CC1=O. The number of nitrogens with zero attached hydrogens (tertiary/aromatic N) is 4. The van der Waals surface area contributed by atoms with Crippen LogP contribution in [0, 0.1) is 17.2 Å². The van der Waals surface area contributed by atoms with E-state index in [2.05, 4.69) is 11.1 Å². The first-order chi connectivity index (χ1) is 9.13. The molecule has 0 aliphatic carbocycles. The second kappa shape index (κ2) is 5.70. The fourth-order valence-electron chi connectivity index (χ4n) is 2.46. The molecule has 0 saturated carbocycles. The lowest BCUT2D eigenvalue weighted by Crippen LogP contribution is -2.29. The van der Waals surface area contributed by atoms with E-state index in [0.29, 0.717) is 17.9 Å². The predicted molar refractivity (Wildman–Crippen MR) is 72.6 cm³/mol. The Kier molecular flexibility index (Phi) is 4.00. The van der Waals surface area contributed by atoms with Gasteiger partial charge in [-0.2, -0.15) is 5.26 Å². The van der Waals surface area contributed by atoms with Crippen LogP contribution >= 0.6 is 0 Å². The minimum absolute atomic E-state index is 0.236. The van der Waals surface area contributed by atoms with Crippen molar-refractivity contribution >= 4 is 11.7 Å². The van der Waals surface area contributed by atoms with Crippen LogP contribution in [0.5, 0.6) is 0 Å². The zero-order valence-corrected chi connectivity index (χ0v) is 11.3. The summed E-state index contributed by atoms with van der Waals surface area (Å²) < 4.78 is 0. The molecule has 5 nitrogen and oxygen atoms in total. The highest BCUT2D eigenvalue weighted by Crippen LogP contribution is 2.20. The fourth-order valence-corrected chi connectivity index (χ4v) is 2.46. The highest BCUT2D eigenvalue weighted by atomic mass is 16.2. The number of pyridine rings is 1. The second-order valence-electron chi connectivity index (χ2n) is 4.90. The van der Waals surface area contributed by atoms with Gasteiger partial charge in [0.2, 0.25) is 5.91 Å². The van der Waals surface area contributed by atoms with Crippen LogP contribution < -0.4 is 4.90 Å². The first-order valence-corrected chi connectivity index (χ1v) is 6.49. The number of carbonyl (C=O) groups excluding carboxylic acids is 1. The lowest BCUT2D eigenvalue weighted by molar-refractivity contribution is -0.127. The van der Waals surface area contributed by atoms with Crippen molar-refractivity contribution in [3.63, 3.8) is 0 Å². The Morgan fingerprint density at radius 2 is 2.42 bits per heavy atom. The lowest BCUT2D eigenvalue weighted by atomic mass is 10.1. The van der Waals surface area contributed by atoms with Gasteiger partial charge in [-0.05, 0) is 19.1 Å². The molecular weight excluding hydrogens is 240 g/mol. The number of likely N-dealkylation sites (tertiary alicyclic amines) is 1. The van der Waals surface area contributed by atoms with Crippen LogP contribution in [0.15, 0.2) is 18.3 Å². The quantitative estimate of drug-likeness (QED) is 0.815. The topological polar surface area (TPSA) is 60.2 Å². The van der Waals surface area contributed by atoms with Crippen molar-refractivity contribution in [1.29, 1.82) is 5.26 Å². The van der Waals surface area contributed by atoms with Gasteiger partial charge in [-0.25, -0.2) is 4.98 Å². The number of aromatic nitrogens is 1. The summed E-state index contributed by atoms with van der Waals surface area (Å²) in [6.45, 7) is 4.38. The summed E-state index contributed by atoms with van der Waals surface area (Å²) in [7, 11) is 1.95. The van der Waals surface area contributed by atoms with E-state index in [0.717, 1.165) is 25.5 Å². The number of hydrogen-bond donors (Lipinski definition) is 0. The molecule has 5 heteroatoms. The van der Waals surface area contributed by atoms with Gasteiger partial charge in [-0.1, -0.05) is 0 Å². The molecule has 0 bridgehead atoms. The van der Waals surface area contributed by atoms with Crippen LogP contribution in [0.3, 0.4) is 0 Å². The second-order valence-corrected chi connectivity index (χ2v) is 4.90. The monoisotopic (exact) mass is 258 g/mol. The van der Waals surface area contributed by atoms with Crippen molar-refractivity contribution in [2.75, 3.05) is 31.6 Å². The van der Waals surface area contributed by atoms with Crippen LogP contribution in [-0.2, 0) is 4.79 Å². The van der Waals surface area contributed by atoms with E-state index < -0.39 is 0 Å². The van der Waals surface area contributed by atoms with Crippen LogP contribution in [0.2, 0.25) is 0 Å². The van der Waals surface area contributed by atoms with Gasteiger partial charge in [-0.15, -0.1) is 0 Å². The fraction of sp³-hybridized carbons (Fsp3) is 0.500. The largest absolute Gasteiger partial charge is 0.359 e.